The molecule has 1 unspecified atom stereocenters. The number of nitrogens with zero attached hydrogens (tertiary/aromatic N) is 6. The van der Waals surface area contributed by atoms with Crippen molar-refractivity contribution in [2.45, 2.75) is 38.1 Å². The van der Waals surface area contributed by atoms with E-state index in [0.717, 1.165) is 62.8 Å². The average molecular weight is 328 g/mol. The standard InChI is InChI=1S/C16H20N6O2/c1-24-16(23)12-6-7-13(18-17-12)21-8-2-4-11(10-21)15-20-19-14-5-3-9-22(14)15/h6-7,11H,2-5,8-10H2,1H3. The lowest BCUT2D eigenvalue weighted by Gasteiger charge is -2.32. The zero-order chi connectivity index (χ0) is 16.5. The fraction of sp³-hybridized carbons (Fsp3) is 0.562. The smallest absolute Gasteiger partial charge is 0.358 e. The van der Waals surface area contributed by atoms with Gasteiger partial charge >= 0.3 is 5.97 Å². The summed E-state index contributed by atoms with van der Waals surface area (Å²) in [6, 6.07) is 3.49. The van der Waals surface area contributed by atoms with E-state index < -0.39 is 5.97 Å². The molecule has 2 aromatic rings. The lowest BCUT2D eigenvalue weighted by atomic mass is 9.97. The molecule has 8 nitrogen and oxygen atoms in total. The molecule has 1 saturated heterocycles. The maximum atomic E-state index is 11.5. The molecule has 0 bridgehead atoms. The third-order valence-electron chi connectivity index (χ3n) is 4.79. The molecule has 4 rings (SSSR count). The highest BCUT2D eigenvalue weighted by atomic mass is 16.5. The number of piperidine rings is 1. The first kappa shape index (κ1) is 15.0. The molecule has 0 saturated carbocycles. The first-order valence-electron chi connectivity index (χ1n) is 8.35. The summed E-state index contributed by atoms with van der Waals surface area (Å²) in [5.74, 6) is 2.90. The van der Waals surface area contributed by atoms with Gasteiger partial charge in [0.15, 0.2) is 11.5 Å². The van der Waals surface area contributed by atoms with Crippen LogP contribution in [0.4, 0.5) is 5.82 Å². The van der Waals surface area contributed by atoms with E-state index in [9.17, 15) is 4.79 Å². The lowest BCUT2D eigenvalue weighted by molar-refractivity contribution is 0.0592. The molecule has 1 atom stereocenters. The van der Waals surface area contributed by atoms with E-state index in [2.05, 4.69) is 34.6 Å². The van der Waals surface area contributed by atoms with E-state index in [1.165, 1.54) is 7.11 Å². The largest absolute Gasteiger partial charge is 0.464 e. The van der Waals surface area contributed by atoms with Crippen molar-refractivity contribution in [1.82, 2.24) is 25.0 Å². The summed E-state index contributed by atoms with van der Waals surface area (Å²) in [6.45, 7) is 2.82. The number of fused-ring (bicyclic) bond motifs is 1. The quantitative estimate of drug-likeness (QED) is 0.782. The first-order valence-corrected chi connectivity index (χ1v) is 8.35. The van der Waals surface area contributed by atoms with Crippen molar-refractivity contribution in [3.63, 3.8) is 0 Å². The van der Waals surface area contributed by atoms with E-state index in [-0.39, 0.29) is 5.69 Å². The Morgan fingerprint density at radius 2 is 2.08 bits per heavy atom. The number of methoxy groups -OCH3 is 1. The Morgan fingerprint density at radius 1 is 1.17 bits per heavy atom. The van der Waals surface area contributed by atoms with Crippen molar-refractivity contribution in [2.24, 2.45) is 0 Å². The lowest BCUT2D eigenvalue weighted by Crippen LogP contribution is -2.36. The zero-order valence-electron chi connectivity index (χ0n) is 13.7. The highest BCUT2D eigenvalue weighted by molar-refractivity contribution is 5.86. The fourth-order valence-electron chi connectivity index (χ4n) is 3.58. The number of ether oxygens (including phenoxy) is 1. The second-order valence-electron chi connectivity index (χ2n) is 6.28. The van der Waals surface area contributed by atoms with Crippen LogP contribution >= 0.6 is 0 Å². The van der Waals surface area contributed by atoms with E-state index in [0.29, 0.717) is 5.92 Å². The molecule has 8 heteroatoms. The SMILES string of the molecule is COC(=O)c1ccc(N2CCCC(c3nnc4n3CCC4)C2)nn1. The van der Waals surface area contributed by atoms with E-state index in [1.54, 1.807) is 6.07 Å². The minimum Gasteiger partial charge on any atom is -0.464 e. The van der Waals surface area contributed by atoms with Crippen LogP contribution in [0.3, 0.4) is 0 Å². The van der Waals surface area contributed by atoms with E-state index in [1.807, 2.05) is 6.07 Å². The van der Waals surface area contributed by atoms with Crippen molar-refractivity contribution in [3.05, 3.63) is 29.5 Å². The van der Waals surface area contributed by atoms with Gasteiger partial charge in [-0.05, 0) is 31.4 Å². The van der Waals surface area contributed by atoms with Crippen LogP contribution in [0.15, 0.2) is 12.1 Å². The van der Waals surface area contributed by atoms with Crippen molar-refractivity contribution < 1.29 is 9.53 Å². The Morgan fingerprint density at radius 3 is 2.88 bits per heavy atom. The summed E-state index contributed by atoms with van der Waals surface area (Å²) in [5.41, 5.74) is 0.227. The van der Waals surface area contributed by atoms with Gasteiger partial charge < -0.3 is 14.2 Å². The molecule has 0 spiro atoms. The summed E-state index contributed by atoms with van der Waals surface area (Å²) in [4.78, 5) is 13.7. The Bertz CT molecular complexity index is 742. The Hall–Kier alpha value is -2.51. The number of carbonyl (C=O) groups is 1. The summed E-state index contributed by atoms with van der Waals surface area (Å²) >= 11 is 0. The fourth-order valence-corrected chi connectivity index (χ4v) is 3.58. The second kappa shape index (κ2) is 6.18. The molecule has 126 valence electrons. The normalized spacial score (nSPS) is 20.0. The predicted octanol–water partition coefficient (Wildman–Crippen LogP) is 1.18. The molecule has 2 aliphatic rings. The van der Waals surface area contributed by atoms with Gasteiger partial charge in [0.25, 0.3) is 0 Å². The zero-order valence-corrected chi connectivity index (χ0v) is 13.7. The molecule has 2 aromatic heterocycles. The van der Waals surface area contributed by atoms with Gasteiger partial charge in [-0.3, -0.25) is 0 Å². The highest BCUT2D eigenvalue weighted by Gasteiger charge is 2.29. The number of rotatable bonds is 3. The molecular weight excluding hydrogens is 308 g/mol. The minimum atomic E-state index is -0.468. The molecule has 2 aliphatic heterocycles. The maximum absolute atomic E-state index is 11.5. The molecule has 24 heavy (non-hydrogen) atoms. The van der Waals surface area contributed by atoms with Gasteiger partial charge in [-0.1, -0.05) is 0 Å². The molecule has 0 amide bonds. The van der Waals surface area contributed by atoms with Gasteiger partial charge in [0.2, 0.25) is 0 Å². The van der Waals surface area contributed by atoms with Gasteiger partial charge in [0, 0.05) is 32.0 Å². The average Bonchev–Trinajstić information content (AvgIpc) is 3.25. The number of aryl methyl sites for hydroxylation is 1. The summed E-state index contributed by atoms with van der Waals surface area (Å²) in [7, 11) is 1.34. The molecule has 0 aliphatic carbocycles. The molecule has 1 fully saturated rings. The number of hydrogen-bond donors (Lipinski definition) is 0. The van der Waals surface area contributed by atoms with Crippen molar-refractivity contribution in [3.8, 4) is 0 Å². The topological polar surface area (TPSA) is 86.0 Å². The Balaban J connectivity index is 1.51. The van der Waals surface area contributed by atoms with Crippen LogP contribution in [0.25, 0.3) is 0 Å². The summed E-state index contributed by atoms with van der Waals surface area (Å²) < 4.78 is 6.94. The van der Waals surface area contributed by atoms with Crippen LogP contribution in [0.2, 0.25) is 0 Å². The van der Waals surface area contributed by atoms with E-state index in [4.69, 9.17) is 0 Å². The highest BCUT2D eigenvalue weighted by Crippen LogP contribution is 2.30. The molecular formula is C16H20N6O2. The van der Waals surface area contributed by atoms with Gasteiger partial charge in [0.05, 0.1) is 7.11 Å². The van der Waals surface area contributed by atoms with Crippen LogP contribution in [0.1, 0.15) is 47.3 Å². The summed E-state index contributed by atoms with van der Waals surface area (Å²) in [5, 5.41) is 16.9. The third kappa shape index (κ3) is 2.61. The second-order valence-corrected chi connectivity index (χ2v) is 6.28. The number of esters is 1. The molecule has 0 aromatic carbocycles. The van der Waals surface area contributed by atoms with Crippen LogP contribution in [0, 0.1) is 0 Å². The maximum Gasteiger partial charge on any atom is 0.358 e. The van der Waals surface area contributed by atoms with Crippen LogP contribution < -0.4 is 4.90 Å². The van der Waals surface area contributed by atoms with Gasteiger partial charge in [-0.25, -0.2) is 4.79 Å². The van der Waals surface area contributed by atoms with Gasteiger partial charge in [0.1, 0.15) is 11.6 Å². The predicted molar refractivity (Wildman–Crippen MR) is 85.9 cm³/mol. The van der Waals surface area contributed by atoms with E-state index >= 15 is 0 Å². The first-order chi connectivity index (χ1) is 11.8. The minimum absolute atomic E-state index is 0.227. The monoisotopic (exact) mass is 328 g/mol. The third-order valence-corrected chi connectivity index (χ3v) is 4.79. The van der Waals surface area contributed by atoms with Crippen LogP contribution in [-0.2, 0) is 17.7 Å². The van der Waals surface area contributed by atoms with Gasteiger partial charge in [-0.2, -0.15) is 0 Å². The Kier molecular flexibility index (Phi) is 3.87. The van der Waals surface area contributed by atoms with Crippen LogP contribution in [0.5, 0.6) is 0 Å². The Labute approximate surface area is 139 Å². The van der Waals surface area contributed by atoms with Crippen molar-refractivity contribution in [2.75, 3.05) is 25.1 Å². The number of anilines is 1. The number of aromatic nitrogens is 5. The number of carbonyl (C=O) groups excluding carboxylic acids is 1. The van der Waals surface area contributed by atoms with Crippen LogP contribution in [-0.4, -0.2) is 51.1 Å². The molecule has 0 radical (unpaired) electrons. The number of hydrogen-bond acceptors (Lipinski definition) is 7. The van der Waals surface area contributed by atoms with Crippen molar-refractivity contribution >= 4 is 11.8 Å². The van der Waals surface area contributed by atoms with Crippen molar-refractivity contribution in [1.29, 1.82) is 0 Å². The molecule has 4 heterocycles. The summed E-state index contributed by atoms with van der Waals surface area (Å²) in [6.07, 6.45) is 4.38. The molecule has 0 N–H and O–H groups in total. The van der Waals surface area contributed by atoms with Gasteiger partial charge in [-0.15, -0.1) is 20.4 Å².